The van der Waals surface area contributed by atoms with Crippen LogP contribution in [-0.2, 0) is 61.7 Å². The molecule has 0 unspecified atom stereocenters. The molecular weight excluding hydrogens is 876 g/mol. The Morgan fingerprint density at radius 2 is 0.891 bits per heavy atom. The Balaban J connectivity index is 1.39. The lowest BCUT2D eigenvalue weighted by molar-refractivity contribution is -0.386. The molecule has 25 atom stereocenters. The third-order valence-electron chi connectivity index (χ3n) is 11.5. The van der Waals surface area contributed by atoms with Gasteiger partial charge in [-0.15, -0.1) is 0 Å². The fourth-order valence-electron chi connectivity index (χ4n) is 8.12. The molecule has 0 aromatic carbocycles. The predicted octanol–water partition coefficient (Wildman–Crippen LogP) is -10.3. The molecule has 0 aromatic heterocycles. The number of carbonyl (C=O) groups is 2. The van der Waals surface area contributed by atoms with E-state index in [2.05, 4.69) is 10.6 Å². The van der Waals surface area contributed by atoms with Crippen LogP contribution in [0.25, 0.3) is 0 Å². The molecule has 5 aliphatic rings. The summed E-state index contributed by atoms with van der Waals surface area (Å²) in [5, 5.41) is 144. The van der Waals surface area contributed by atoms with Crippen LogP contribution in [0.3, 0.4) is 0 Å². The smallest absolute Gasteiger partial charge is 0.217 e. The summed E-state index contributed by atoms with van der Waals surface area (Å²) in [6.45, 7) is -1.39. The van der Waals surface area contributed by atoms with Crippen LogP contribution in [0.4, 0.5) is 0 Å². The van der Waals surface area contributed by atoms with Crippen molar-refractivity contribution in [2.75, 3.05) is 47.3 Å². The maximum absolute atomic E-state index is 12.1. The molecule has 0 bridgehead atoms. The van der Waals surface area contributed by atoms with Crippen molar-refractivity contribution in [3.8, 4) is 0 Å². The molecule has 28 nitrogen and oxygen atoms in total. The maximum Gasteiger partial charge on any atom is 0.217 e. The number of aliphatic hydroxyl groups excluding tert-OH is 13. The standard InChI is InChI=1S/C36H62N2O26/c1-10(42)37-17-23(48)19(44)12(5-39)58-33(17)63-30-25(50)21(46)15(8-54-3)61-35(30)56-9-16-22(47)29(27(52)32(53)57-16)62-36-31(26(51)28(55-4)14(7-41)60-36)64-34-18(38-11(2)43)24(49)20(45)13(6-40)59-34/h12-36,39-41,44-53H,5-9H2,1-4H3,(H,37,42)(H,38,43)/t12-,13-,14-,15-,16-,17-,18-,19-,20-,21-,22-,23-,24-,25+,26+,27+,28-,29+,30+,31+,32-,33+,34+,35+,36-/m1/s1. The largest absolute Gasteiger partial charge is 0.394 e. The minimum absolute atomic E-state index is 0.312. The molecule has 0 aliphatic carbocycles. The number of carbonyl (C=O) groups excluding carboxylic acids is 2. The summed E-state index contributed by atoms with van der Waals surface area (Å²) in [7, 11) is 2.43. The van der Waals surface area contributed by atoms with E-state index < -0.39 is 192 Å². The highest BCUT2D eigenvalue weighted by Gasteiger charge is 2.56. The van der Waals surface area contributed by atoms with E-state index in [0.29, 0.717) is 0 Å². The number of ether oxygens (including phenoxy) is 11. The second kappa shape index (κ2) is 23.3. The molecule has 0 radical (unpaired) electrons. The van der Waals surface area contributed by atoms with Crippen LogP contribution in [0, 0.1) is 0 Å². The Labute approximate surface area is 364 Å². The minimum Gasteiger partial charge on any atom is -0.394 e. The fraction of sp³-hybridized carbons (Fsp3) is 0.944. The van der Waals surface area contributed by atoms with Crippen LogP contribution in [-0.4, -0.2) is 279 Å². The number of amides is 2. The molecule has 2 amide bonds. The summed E-state index contributed by atoms with van der Waals surface area (Å²) in [6, 6.07) is -3.05. The molecule has 5 fully saturated rings. The van der Waals surface area contributed by atoms with Gasteiger partial charge in [-0.05, 0) is 0 Å². The minimum atomic E-state index is -2.15. The SMILES string of the molecule is COC[C@H]1O[C@H](OC[C@H]2O[C@@H](O)[C@@H](O)[C@@H](O[C@H]3O[C@H](CO)[C@@H](OC)[C@H](O)[C@@H]3O[C@@H]3O[C@H](CO)[C@@H](O)[C@H](O)[C@H]3NC(C)=O)[C@@H]2O)[C@@H](O[C@@H]2O[C@H](CO)[C@@H](O)[C@H](O)[C@H]2NC(C)=O)[C@@H](O)[C@@H]1O. The van der Waals surface area contributed by atoms with Crippen LogP contribution in [0.2, 0.25) is 0 Å². The molecule has 28 heteroatoms. The van der Waals surface area contributed by atoms with Crippen LogP contribution >= 0.6 is 0 Å². The summed E-state index contributed by atoms with van der Waals surface area (Å²) < 4.78 is 62.6. The van der Waals surface area contributed by atoms with Gasteiger partial charge in [0, 0.05) is 28.1 Å². The lowest BCUT2D eigenvalue weighted by Crippen LogP contribution is -2.69. The summed E-state index contributed by atoms with van der Waals surface area (Å²) in [5.74, 6) is -1.41. The van der Waals surface area contributed by atoms with Crippen molar-refractivity contribution in [3.63, 3.8) is 0 Å². The summed E-state index contributed by atoms with van der Waals surface area (Å²) >= 11 is 0. The van der Waals surface area contributed by atoms with Crippen molar-refractivity contribution in [1.29, 1.82) is 0 Å². The molecule has 64 heavy (non-hydrogen) atoms. The molecule has 0 aromatic rings. The van der Waals surface area contributed by atoms with Gasteiger partial charge in [0.1, 0.15) is 122 Å². The Morgan fingerprint density at radius 1 is 0.453 bits per heavy atom. The number of hydrogen-bond donors (Lipinski definition) is 15. The van der Waals surface area contributed by atoms with E-state index in [1.165, 1.54) is 7.11 Å². The van der Waals surface area contributed by atoms with Crippen LogP contribution in [0.1, 0.15) is 13.8 Å². The van der Waals surface area contributed by atoms with Gasteiger partial charge in [-0.25, -0.2) is 0 Å². The van der Waals surface area contributed by atoms with E-state index in [4.69, 9.17) is 52.1 Å². The lowest BCUT2D eigenvalue weighted by Gasteiger charge is -2.49. The number of rotatable bonds is 17. The fourth-order valence-corrected chi connectivity index (χ4v) is 8.12. The van der Waals surface area contributed by atoms with Crippen molar-refractivity contribution in [1.82, 2.24) is 10.6 Å². The molecular formula is C36H62N2O26. The van der Waals surface area contributed by atoms with Crippen molar-refractivity contribution in [2.45, 2.75) is 167 Å². The van der Waals surface area contributed by atoms with Crippen molar-refractivity contribution in [3.05, 3.63) is 0 Å². The third kappa shape index (κ3) is 11.6. The Morgan fingerprint density at radius 3 is 1.36 bits per heavy atom. The Bertz CT molecular complexity index is 1480. The van der Waals surface area contributed by atoms with Crippen LogP contribution < -0.4 is 10.6 Å². The van der Waals surface area contributed by atoms with Crippen molar-refractivity contribution in [2.24, 2.45) is 0 Å². The zero-order chi connectivity index (χ0) is 47.3. The first kappa shape index (κ1) is 52.9. The average Bonchev–Trinajstić information content (AvgIpc) is 3.25. The van der Waals surface area contributed by atoms with E-state index in [0.717, 1.165) is 21.0 Å². The lowest BCUT2D eigenvalue weighted by atomic mass is 9.95. The molecule has 5 saturated heterocycles. The molecule has 0 spiro atoms. The predicted molar refractivity (Wildman–Crippen MR) is 199 cm³/mol. The van der Waals surface area contributed by atoms with Gasteiger partial charge in [-0.3, -0.25) is 9.59 Å². The summed E-state index contributed by atoms with van der Waals surface area (Å²) in [5.41, 5.74) is 0. The molecule has 0 saturated carbocycles. The molecule has 372 valence electrons. The van der Waals surface area contributed by atoms with Gasteiger partial charge < -0.3 is 129 Å². The second-order valence-electron chi connectivity index (χ2n) is 15.9. The van der Waals surface area contributed by atoms with E-state index in [-0.39, 0.29) is 6.61 Å². The number of methoxy groups -OCH3 is 2. The number of aliphatic hydroxyl groups is 13. The van der Waals surface area contributed by atoms with Crippen molar-refractivity contribution >= 4 is 11.8 Å². The molecule has 15 N–H and O–H groups in total. The van der Waals surface area contributed by atoms with E-state index in [1.54, 1.807) is 0 Å². The molecule has 5 aliphatic heterocycles. The van der Waals surface area contributed by atoms with Gasteiger partial charge in [0.15, 0.2) is 31.5 Å². The monoisotopic (exact) mass is 938 g/mol. The summed E-state index contributed by atoms with van der Waals surface area (Å²) in [4.78, 5) is 24.1. The first-order chi connectivity index (χ1) is 30.3. The third-order valence-corrected chi connectivity index (χ3v) is 11.5. The topological polar surface area (TPSA) is 423 Å². The van der Waals surface area contributed by atoms with Gasteiger partial charge >= 0.3 is 0 Å². The maximum atomic E-state index is 12.1. The Hall–Kier alpha value is -2.02. The quantitative estimate of drug-likeness (QED) is 0.0644. The van der Waals surface area contributed by atoms with Crippen LogP contribution in [0.15, 0.2) is 0 Å². The second-order valence-corrected chi connectivity index (χ2v) is 15.9. The first-order valence-electron chi connectivity index (χ1n) is 20.4. The zero-order valence-corrected chi connectivity index (χ0v) is 35.1. The van der Waals surface area contributed by atoms with Gasteiger partial charge in [0.05, 0.1) is 33.0 Å². The van der Waals surface area contributed by atoms with E-state index >= 15 is 0 Å². The Kier molecular flexibility index (Phi) is 19.3. The average molecular weight is 939 g/mol. The van der Waals surface area contributed by atoms with Gasteiger partial charge in [-0.2, -0.15) is 0 Å². The van der Waals surface area contributed by atoms with Gasteiger partial charge in [0.2, 0.25) is 11.8 Å². The summed E-state index contributed by atoms with van der Waals surface area (Å²) in [6.07, 6.45) is -39.9. The van der Waals surface area contributed by atoms with Crippen molar-refractivity contribution < 1.29 is 128 Å². The van der Waals surface area contributed by atoms with Gasteiger partial charge in [-0.1, -0.05) is 0 Å². The molecule has 5 rings (SSSR count). The molecule has 5 heterocycles. The number of nitrogens with one attached hydrogen (secondary N) is 2. The zero-order valence-electron chi connectivity index (χ0n) is 35.1. The highest BCUT2D eigenvalue weighted by atomic mass is 16.8. The van der Waals surface area contributed by atoms with E-state index in [1.807, 2.05) is 0 Å². The van der Waals surface area contributed by atoms with Gasteiger partial charge in [0.25, 0.3) is 0 Å². The highest BCUT2D eigenvalue weighted by Crippen LogP contribution is 2.35. The normalized spacial score (nSPS) is 47.8. The first-order valence-corrected chi connectivity index (χ1v) is 20.4. The number of hydrogen-bond acceptors (Lipinski definition) is 26. The van der Waals surface area contributed by atoms with E-state index in [9.17, 15) is 76.0 Å². The van der Waals surface area contributed by atoms with Crippen LogP contribution in [0.5, 0.6) is 0 Å². The highest BCUT2D eigenvalue weighted by molar-refractivity contribution is 5.73.